The van der Waals surface area contributed by atoms with Crippen LogP contribution in [-0.4, -0.2) is 199 Å². The molecule has 4 unspecified atom stereocenters. The third-order valence-electron chi connectivity index (χ3n) is 20.0. The number of nitrogens with two attached hydrogens (primary N) is 9. The molecule has 35 heteroatoms. The van der Waals surface area contributed by atoms with Gasteiger partial charge in [0.25, 0.3) is 0 Å². The molecule has 0 aliphatic heterocycles. The molecule has 0 heterocycles. The van der Waals surface area contributed by atoms with Gasteiger partial charge >= 0.3 is 54.7 Å². The first-order valence-electron chi connectivity index (χ1n) is 45.8. The van der Waals surface area contributed by atoms with Crippen LogP contribution in [0, 0.1) is 0 Å². The van der Waals surface area contributed by atoms with Gasteiger partial charge in [-0.15, -0.1) is 0 Å². The molecule has 9 rings (SSSR count). The van der Waals surface area contributed by atoms with Crippen LogP contribution in [0.25, 0.3) is 0 Å². The molecule has 0 radical (unpaired) electrons. The van der Waals surface area contributed by atoms with Crippen molar-refractivity contribution in [1.29, 1.82) is 0 Å². The molecule has 128 heavy (non-hydrogen) atoms. The standard InChI is InChI=1S/5C11H22N2O2.C10H18O5.2C8H8O3.2C6H14N2/c5*1-11(2,3)15-10(14)13-9-7-5-4-6-8(9)12;1-9(2,3)14-7(11)13-8(12)15-10(4,5)6;2*9-7(8(10)11)6-4-2-1-3-5-6;2*7-5-3-1-2-4-6(5)8/h5*8-9H,4-7,12H2,1-3H3,(H,13,14);1-6H3;2*1-5,7,9H,(H,10,11);2*5-6H,1-4,7-8H2/t5*8-,9+;;;;5-,6+;/m11100...../s1. The second-order valence-electron chi connectivity index (χ2n) is 40.6. The van der Waals surface area contributed by atoms with Crippen molar-refractivity contribution in [3.05, 3.63) is 71.8 Å². The molecule has 35 nitrogen and oxygen atoms in total. The number of hydrogen-bond acceptors (Lipinski definition) is 28. The Bertz CT molecular complexity index is 3050. The monoisotopic (exact) mass is 1820 g/mol. The number of carbonyl (C=O) groups excluding carboxylic acids is 7. The number of ether oxygens (including phenoxy) is 8. The molecule has 0 bridgehead atoms. The molecule has 0 saturated heterocycles. The van der Waals surface area contributed by atoms with Gasteiger partial charge in [-0.3, -0.25) is 0 Å². The maximum Gasteiger partial charge on any atom is 0.519 e. The van der Waals surface area contributed by atoms with Gasteiger partial charge in [-0.25, -0.2) is 43.2 Å². The Hall–Kier alpha value is -7.97. The molecule has 7 saturated carbocycles. The van der Waals surface area contributed by atoms with Gasteiger partial charge in [0.05, 0.1) is 0 Å². The van der Waals surface area contributed by atoms with Crippen LogP contribution < -0.4 is 78.2 Å². The average molecular weight is 1820 g/mol. The first-order chi connectivity index (χ1) is 58.9. The Morgan fingerprint density at radius 1 is 0.258 bits per heavy atom. The number of hydrogen-bond donors (Lipinski definition) is 18. The molecular formula is C93H172N14O21. The fourth-order valence-electron chi connectivity index (χ4n) is 13.5. The predicted octanol–water partition coefficient (Wildman–Crippen LogP) is 13.8. The van der Waals surface area contributed by atoms with Crippen LogP contribution in [-0.2, 0) is 47.5 Å². The largest absolute Gasteiger partial charge is 0.519 e. The first-order valence-corrected chi connectivity index (χ1v) is 45.8. The minimum atomic E-state index is -1.41. The average Bonchev–Trinajstić information content (AvgIpc) is 0.898. The van der Waals surface area contributed by atoms with Crippen LogP contribution in [0.4, 0.5) is 33.6 Å². The molecule has 0 spiro atoms. The van der Waals surface area contributed by atoms with Gasteiger partial charge in [0.1, 0.15) is 39.2 Å². The lowest BCUT2D eigenvalue weighted by Crippen LogP contribution is -2.50. The second-order valence-corrected chi connectivity index (χ2v) is 40.6. The fraction of sp³-hybridized carbons (Fsp3) is 0.774. The molecule has 7 aliphatic rings. The van der Waals surface area contributed by atoms with Crippen molar-refractivity contribution in [1.82, 2.24) is 26.6 Å². The number of aliphatic hydroxyl groups is 2. The lowest BCUT2D eigenvalue weighted by Gasteiger charge is -2.30. The van der Waals surface area contributed by atoms with E-state index in [0.717, 1.165) is 154 Å². The normalized spacial score (nSPS) is 24.4. The van der Waals surface area contributed by atoms with E-state index >= 15 is 0 Å². The van der Waals surface area contributed by atoms with Crippen LogP contribution in [0.1, 0.15) is 349 Å². The van der Waals surface area contributed by atoms with Crippen LogP contribution in [0.3, 0.4) is 0 Å². The van der Waals surface area contributed by atoms with E-state index in [1.165, 1.54) is 25.7 Å². The Labute approximate surface area is 763 Å². The molecule has 740 valence electrons. The molecule has 2 aromatic rings. The minimum absolute atomic E-state index is 0.0752. The number of benzene rings is 2. The van der Waals surface area contributed by atoms with Crippen LogP contribution in [0.5, 0.6) is 0 Å². The van der Waals surface area contributed by atoms with Crippen LogP contribution in [0.2, 0.25) is 0 Å². The molecule has 0 aromatic heterocycles. The Balaban J connectivity index is 0.00000141. The van der Waals surface area contributed by atoms with Crippen LogP contribution >= 0.6 is 0 Å². The first kappa shape index (κ1) is 120. The molecular weight excluding hydrogens is 1650 g/mol. The van der Waals surface area contributed by atoms with Gasteiger partial charge in [0.15, 0.2) is 12.2 Å². The molecule has 7 fully saturated rings. The summed E-state index contributed by atoms with van der Waals surface area (Å²) in [6, 6.07) is 18.4. The van der Waals surface area contributed by atoms with Crippen molar-refractivity contribution in [3.63, 3.8) is 0 Å². The van der Waals surface area contributed by atoms with Crippen LogP contribution in [0.15, 0.2) is 60.7 Å². The number of alkyl carbamates (subject to hydrolysis) is 5. The summed E-state index contributed by atoms with van der Waals surface area (Å²) < 4.78 is 39.7. The fourth-order valence-corrected chi connectivity index (χ4v) is 13.5. The Morgan fingerprint density at radius 3 is 0.539 bits per heavy atom. The summed E-state index contributed by atoms with van der Waals surface area (Å²) in [7, 11) is 0. The molecule has 5 amide bonds. The van der Waals surface area contributed by atoms with Gasteiger partial charge in [-0.1, -0.05) is 151 Å². The van der Waals surface area contributed by atoms with Gasteiger partial charge in [-0.2, -0.15) is 0 Å². The Kier molecular flexibility index (Phi) is 56.4. The second kappa shape index (κ2) is 60.2. The summed E-state index contributed by atoms with van der Waals surface area (Å²) in [5, 5.41) is 49.0. The third kappa shape index (κ3) is 63.1. The van der Waals surface area contributed by atoms with E-state index in [1.54, 1.807) is 102 Å². The zero-order valence-corrected chi connectivity index (χ0v) is 81.2. The highest BCUT2D eigenvalue weighted by atomic mass is 16.8. The number of rotatable bonds is 9. The summed E-state index contributed by atoms with van der Waals surface area (Å²) in [6.07, 6.45) is 24.1. The topological polar surface area (TPSA) is 603 Å². The van der Waals surface area contributed by atoms with Gasteiger partial charge in [-0.05, 0) is 246 Å². The molecule has 2 aromatic carbocycles. The van der Waals surface area contributed by atoms with E-state index in [0.29, 0.717) is 11.1 Å². The van der Waals surface area contributed by atoms with Crippen molar-refractivity contribution in [3.8, 4) is 0 Å². The number of aliphatic hydroxyl groups excluding tert-OH is 2. The highest BCUT2D eigenvalue weighted by Gasteiger charge is 2.33. The highest BCUT2D eigenvalue weighted by molar-refractivity contribution is 5.77. The summed E-state index contributed by atoms with van der Waals surface area (Å²) >= 11 is 0. The maximum absolute atomic E-state index is 11.5. The van der Waals surface area contributed by atoms with E-state index < -0.39 is 75.7 Å². The summed E-state index contributed by atoms with van der Waals surface area (Å²) in [4.78, 5) is 99.9. The predicted molar refractivity (Wildman–Crippen MR) is 498 cm³/mol. The summed E-state index contributed by atoms with van der Waals surface area (Å²) in [5.41, 5.74) is 49.4. The van der Waals surface area contributed by atoms with Crippen molar-refractivity contribution < 1.29 is 101 Å². The number of aliphatic carboxylic acids is 2. The van der Waals surface area contributed by atoms with E-state index in [9.17, 15) is 43.2 Å². The van der Waals surface area contributed by atoms with Crippen molar-refractivity contribution in [2.24, 2.45) is 51.6 Å². The van der Waals surface area contributed by atoms with Gasteiger partial charge < -0.3 is 137 Å². The number of carboxylic acids is 2. The lowest BCUT2D eigenvalue weighted by atomic mass is 9.91. The van der Waals surface area contributed by atoms with E-state index in [2.05, 4.69) is 31.3 Å². The third-order valence-corrected chi connectivity index (χ3v) is 20.0. The number of carboxylic acid groups (broad SMARTS) is 2. The molecule has 7 aliphatic carbocycles. The summed E-state index contributed by atoms with van der Waals surface area (Å²) in [5.74, 6) is -2.45. The number of amides is 5. The van der Waals surface area contributed by atoms with Crippen molar-refractivity contribution >= 4 is 54.7 Å². The van der Waals surface area contributed by atoms with E-state index in [4.69, 9.17) is 105 Å². The zero-order chi connectivity index (χ0) is 98.2. The highest BCUT2D eigenvalue weighted by Crippen LogP contribution is 2.25. The van der Waals surface area contributed by atoms with E-state index in [1.807, 2.05) is 104 Å². The lowest BCUT2D eigenvalue weighted by molar-refractivity contribution is -0.147. The van der Waals surface area contributed by atoms with Crippen molar-refractivity contribution in [2.45, 2.75) is 461 Å². The molecule has 27 N–H and O–H groups in total. The SMILES string of the molecule is CC(C)(C)OC(=O)N[C@@H]1CCCC[C@@H]1N.CC(C)(C)OC(=O)N[C@@H]1CCCC[C@@H]1N.CC(C)(C)OC(=O)N[C@H]1CCCC[C@H]1N.CC(C)(C)OC(=O)N[C@H]1CCCC[C@H]1N.CC(C)(C)OC(=O)N[C@H]1CCCC[C@H]1N.CC(C)(C)OC(=O)OC(=O)OC(C)(C)C.NC1CCCCC1N.N[C@@H]1CCCC[C@@H]1N.O=C(O)C(O)c1ccccc1.O=C(O)C(O)c1ccccc1. The summed E-state index contributed by atoms with van der Waals surface area (Å²) in [6.45, 7) is 37.8. The van der Waals surface area contributed by atoms with Gasteiger partial charge in [0.2, 0.25) is 0 Å². The number of nitrogens with one attached hydrogen (secondary N) is 5. The zero-order valence-electron chi connectivity index (χ0n) is 81.2. The minimum Gasteiger partial charge on any atom is -0.479 e. The smallest absolute Gasteiger partial charge is 0.479 e. The van der Waals surface area contributed by atoms with Gasteiger partial charge in [0, 0.05) is 84.6 Å². The van der Waals surface area contributed by atoms with E-state index in [-0.39, 0.29) is 115 Å². The quantitative estimate of drug-likeness (QED) is 0.0630. The molecule has 16 atom stereocenters. The Morgan fingerprint density at radius 2 is 0.406 bits per heavy atom. The number of carbonyl (C=O) groups is 9. The van der Waals surface area contributed by atoms with Crippen molar-refractivity contribution in [2.75, 3.05) is 0 Å². The maximum atomic E-state index is 11.5.